The van der Waals surface area contributed by atoms with Crippen LogP contribution in [-0.4, -0.2) is 9.55 Å². The predicted octanol–water partition coefficient (Wildman–Crippen LogP) is 3.66. The molecular formula is C13H22N2. The summed E-state index contributed by atoms with van der Waals surface area (Å²) < 4.78 is 2.29. The summed E-state index contributed by atoms with van der Waals surface area (Å²) >= 11 is 0. The fourth-order valence-corrected chi connectivity index (χ4v) is 2.71. The Morgan fingerprint density at radius 2 is 2.07 bits per heavy atom. The molecule has 1 fully saturated rings. The molecule has 0 saturated heterocycles. The van der Waals surface area contributed by atoms with Gasteiger partial charge in [-0.05, 0) is 30.6 Å². The molecule has 2 unspecified atom stereocenters. The van der Waals surface area contributed by atoms with E-state index in [-0.39, 0.29) is 0 Å². The molecule has 1 saturated carbocycles. The monoisotopic (exact) mass is 206 g/mol. The molecule has 0 bridgehead atoms. The Morgan fingerprint density at radius 3 is 2.67 bits per heavy atom. The van der Waals surface area contributed by atoms with Gasteiger partial charge in [0.15, 0.2) is 0 Å². The van der Waals surface area contributed by atoms with Crippen molar-refractivity contribution in [2.24, 2.45) is 11.3 Å². The van der Waals surface area contributed by atoms with Gasteiger partial charge in [-0.3, -0.25) is 0 Å². The number of imidazole rings is 1. The van der Waals surface area contributed by atoms with Gasteiger partial charge >= 0.3 is 0 Å². The summed E-state index contributed by atoms with van der Waals surface area (Å²) in [7, 11) is 0. The summed E-state index contributed by atoms with van der Waals surface area (Å²) in [6.45, 7) is 7.11. The molecule has 0 aliphatic heterocycles. The van der Waals surface area contributed by atoms with Crippen LogP contribution in [0.1, 0.15) is 52.5 Å². The van der Waals surface area contributed by atoms with E-state index in [0.717, 1.165) is 5.92 Å². The molecule has 2 rings (SSSR count). The Kier molecular flexibility index (Phi) is 2.85. The Labute approximate surface area is 92.7 Å². The van der Waals surface area contributed by atoms with Crippen molar-refractivity contribution >= 4 is 0 Å². The molecule has 0 aromatic carbocycles. The van der Waals surface area contributed by atoms with Crippen LogP contribution in [0, 0.1) is 11.3 Å². The van der Waals surface area contributed by atoms with E-state index in [9.17, 15) is 0 Å². The van der Waals surface area contributed by atoms with Crippen LogP contribution in [0.2, 0.25) is 0 Å². The van der Waals surface area contributed by atoms with Gasteiger partial charge in [-0.25, -0.2) is 4.98 Å². The average Bonchev–Trinajstić information content (AvgIpc) is 2.69. The van der Waals surface area contributed by atoms with E-state index in [0.29, 0.717) is 11.5 Å². The van der Waals surface area contributed by atoms with E-state index in [4.69, 9.17) is 0 Å². The maximum Gasteiger partial charge on any atom is 0.0948 e. The standard InChI is InChI=1S/C13H22N2/c1-13(2,3)11-5-4-6-12(9-11)15-8-7-14-10-15/h7-8,10-12H,4-6,9H2,1-3H3. The number of rotatable bonds is 1. The van der Waals surface area contributed by atoms with Crippen molar-refractivity contribution in [3.8, 4) is 0 Å². The number of aromatic nitrogens is 2. The fraction of sp³-hybridized carbons (Fsp3) is 0.769. The largest absolute Gasteiger partial charge is 0.334 e. The third-order valence-corrected chi connectivity index (χ3v) is 3.82. The lowest BCUT2D eigenvalue weighted by Gasteiger charge is -2.38. The van der Waals surface area contributed by atoms with Crippen molar-refractivity contribution in [2.75, 3.05) is 0 Å². The van der Waals surface area contributed by atoms with Crippen LogP contribution in [-0.2, 0) is 0 Å². The summed E-state index contributed by atoms with van der Waals surface area (Å²) in [5.74, 6) is 0.860. The summed E-state index contributed by atoms with van der Waals surface area (Å²) in [6, 6.07) is 0.686. The molecule has 1 heterocycles. The maximum absolute atomic E-state index is 4.15. The second kappa shape index (κ2) is 3.99. The minimum absolute atomic E-state index is 0.458. The molecule has 2 atom stereocenters. The summed E-state index contributed by atoms with van der Waals surface area (Å²) in [5.41, 5.74) is 0.458. The van der Waals surface area contributed by atoms with Crippen molar-refractivity contribution in [1.29, 1.82) is 0 Å². The normalized spacial score (nSPS) is 27.9. The lowest BCUT2D eigenvalue weighted by atomic mass is 9.71. The molecule has 1 aliphatic rings. The molecule has 0 amide bonds. The highest BCUT2D eigenvalue weighted by Gasteiger charge is 2.30. The Hall–Kier alpha value is -0.790. The molecule has 15 heavy (non-hydrogen) atoms. The molecule has 0 radical (unpaired) electrons. The quantitative estimate of drug-likeness (QED) is 0.685. The van der Waals surface area contributed by atoms with Crippen molar-refractivity contribution in [1.82, 2.24) is 9.55 Å². The molecular weight excluding hydrogens is 184 g/mol. The minimum atomic E-state index is 0.458. The van der Waals surface area contributed by atoms with Crippen LogP contribution in [0.3, 0.4) is 0 Å². The van der Waals surface area contributed by atoms with E-state index >= 15 is 0 Å². The van der Waals surface area contributed by atoms with Gasteiger partial charge in [-0.2, -0.15) is 0 Å². The van der Waals surface area contributed by atoms with Gasteiger partial charge in [-0.1, -0.05) is 27.2 Å². The van der Waals surface area contributed by atoms with E-state index < -0.39 is 0 Å². The molecule has 1 aromatic rings. The summed E-state index contributed by atoms with van der Waals surface area (Å²) in [6.07, 6.45) is 11.4. The van der Waals surface area contributed by atoms with E-state index in [1.54, 1.807) is 0 Å². The fourth-order valence-electron chi connectivity index (χ4n) is 2.71. The Bertz CT molecular complexity index is 295. The Balaban J connectivity index is 2.05. The van der Waals surface area contributed by atoms with Gasteiger partial charge in [0.05, 0.1) is 6.33 Å². The first-order valence-corrected chi connectivity index (χ1v) is 6.05. The zero-order valence-corrected chi connectivity index (χ0v) is 10.1. The van der Waals surface area contributed by atoms with Crippen molar-refractivity contribution in [3.05, 3.63) is 18.7 Å². The average molecular weight is 206 g/mol. The second-order valence-corrected chi connectivity index (χ2v) is 5.89. The highest BCUT2D eigenvalue weighted by atomic mass is 15.0. The highest BCUT2D eigenvalue weighted by molar-refractivity contribution is 4.87. The summed E-state index contributed by atoms with van der Waals surface area (Å²) in [5, 5.41) is 0. The molecule has 0 spiro atoms. The predicted molar refractivity (Wildman–Crippen MR) is 62.7 cm³/mol. The number of hydrogen-bond donors (Lipinski definition) is 0. The van der Waals surface area contributed by atoms with Crippen molar-refractivity contribution in [2.45, 2.75) is 52.5 Å². The van der Waals surface area contributed by atoms with Crippen LogP contribution in [0.15, 0.2) is 18.7 Å². The van der Waals surface area contributed by atoms with Crippen molar-refractivity contribution < 1.29 is 0 Å². The number of nitrogens with zero attached hydrogens (tertiary/aromatic N) is 2. The van der Waals surface area contributed by atoms with Gasteiger partial charge < -0.3 is 4.57 Å². The molecule has 1 aliphatic carbocycles. The second-order valence-electron chi connectivity index (χ2n) is 5.89. The maximum atomic E-state index is 4.15. The van der Waals surface area contributed by atoms with Gasteiger partial charge in [-0.15, -0.1) is 0 Å². The molecule has 84 valence electrons. The first-order chi connectivity index (χ1) is 7.07. The first-order valence-electron chi connectivity index (χ1n) is 6.05. The van der Waals surface area contributed by atoms with Gasteiger partial charge in [0.2, 0.25) is 0 Å². The van der Waals surface area contributed by atoms with Gasteiger partial charge in [0, 0.05) is 18.4 Å². The van der Waals surface area contributed by atoms with E-state index in [2.05, 4.69) is 36.5 Å². The third-order valence-electron chi connectivity index (χ3n) is 3.82. The van der Waals surface area contributed by atoms with Crippen LogP contribution in [0.4, 0.5) is 0 Å². The topological polar surface area (TPSA) is 17.8 Å². The molecule has 2 heteroatoms. The lowest BCUT2D eigenvalue weighted by Crippen LogP contribution is -2.27. The van der Waals surface area contributed by atoms with Crippen molar-refractivity contribution in [3.63, 3.8) is 0 Å². The summed E-state index contributed by atoms with van der Waals surface area (Å²) in [4.78, 5) is 4.15. The lowest BCUT2D eigenvalue weighted by molar-refractivity contribution is 0.144. The SMILES string of the molecule is CC(C)(C)C1CCCC(n2ccnc2)C1. The minimum Gasteiger partial charge on any atom is -0.334 e. The van der Waals surface area contributed by atoms with Crippen LogP contribution in [0.25, 0.3) is 0 Å². The zero-order valence-electron chi connectivity index (χ0n) is 10.1. The van der Waals surface area contributed by atoms with Gasteiger partial charge in [0.1, 0.15) is 0 Å². The van der Waals surface area contributed by atoms with E-state index in [1.165, 1.54) is 25.7 Å². The highest BCUT2D eigenvalue weighted by Crippen LogP contribution is 2.41. The van der Waals surface area contributed by atoms with Crippen LogP contribution < -0.4 is 0 Å². The third kappa shape index (κ3) is 2.42. The molecule has 2 nitrogen and oxygen atoms in total. The first kappa shape index (κ1) is 10.7. The molecule has 0 N–H and O–H groups in total. The Morgan fingerprint density at radius 1 is 1.27 bits per heavy atom. The van der Waals surface area contributed by atoms with Gasteiger partial charge in [0.25, 0.3) is 0 Å². The zero-order chi connectivity index (χ0) is 10.9. The van der Waals surface area contributed by atoms with E-state index in [1.807, 2.05) is 12.5 Å². The number of hydrogen-bond acceptors (Lipinski definition) is 1. The molecule has 1 aromatic heterocycles. The van der Waals surface area contributed by atoms with Crippen LogP contribution in [0.5, 0.6) is 0 Å². The smallest absolute Gasteiger partial charge is 0.0948 e. The van der Waals surface area contributed by atoms with Crippen LogP contribution >= 0.6 is 0 Å².